The predicted octanol–water partition coefficient (Wildman–Crippen LogP) is 5.48. The van der Waals surface area contributed by atoms with E-state index in [1.165, 1.54) is 31.4 Å². The van der Waals surface area contributed by atoms with Crippen molar-refractivity contribution in [2.45, 2.75) is 58.8 Å². The molecule has 1 N–H and O–H groups in total. The molecule has 1 heterocycles. The van der Waals surface area contributed by atoms with Crippen molar-refractivity contribution >= 4 is 10.9 Å². The number of methoxy groups -OCH3 is 1. The summed E-state index contributed by atoms with van der Waals surface area (Å²) >= 11 is 0. The summed E-state index contributed by atoms with van der Waals surface area (Å²) in [5, 5.41) is 1.14. The second kappa shape index (κ2) is 8.72. The lowest BCUT2D eigenvalue weighted by molar-refractivity contribution is 0.292. The summed E-state index contributed by atoms with van der Waals surface area (Å²) in [6.07, 6.45) is 8.44. The molecule has 0 fully saturated rings. The summed E-state index contributed by atoms with van der Waals surface area (Å²) in [5.41, 5.74) is 2.43. The zero-order valence-electron chi connectivity index (χ0n) is 14.2. The van der Waals surface area contributed by atoms with Crippen molar-refractivity contribution in [2.24, 2.45) is 0 Å². The third-order valence-corrected chi connectivity index (χ3v) is 4.04. The quantitative estimate of drug-likeness (QED) is 0.590. The first kappa shape index (κ1) is 16.7. The van der Waals surface area contributed by atoms with Crippen molar-refractivity contribution in [1.82, 2.24) is 4.98 Å². The normalized spacial score (nSPS) is 11.0. The van der Waals surface area contributed by atoms with Gasteiger partial charge in [-0.05, 0) is 37.5 Å². The molecule has 0 aliphatic heterocycles. The average molecular weight is 303 g/mol. The number of aryl methyl sites for hydroxylation is 1. The molecule has 0 saturated carbocycles. The number of fused-ring (bicyclic) bond motifs is 1. The van der Waals surface area contributed by atoms with Gasteiger partial charge >= 0.3 is 0 Å². The summed E-state index contributed by atoms with van der Waals surface area (Å²) in [5.74, 6) is 1.70. The van der Waals surface area contributed by atoms with Crippen LogP contribution >= 0.6 is 0 Å². The number of hydrogen-bond acceptors (Lipinski definition) is 2. The van der Waals surface area contributed by atoms with Crippen molar-refractivity contribution in [1.29, 1.82) is 0 Å². The highest BCUT2D eigenvalue weighted by Crippen LogP contribution is 2.36. The van der Waals surface area contributed by atoms with Crippen molar-refractivity contribution in [3.05, 3.63) is 23.9 Å². The zero-order valence-corrected chi connectivity index (χ0v) is 14.2. The molecule has 1 aromatic carbocycles. The predicted molar refractivity (Wildman–Crippen MR) is 93.1 cm³/mol. The molecule has 22 heavy (non-hydrogen) atoms. The molecule has 0 spiro atoms. The van der Waals surface area contributed by atoms with Gasteiger partial charge in [0.15, 0.2) is 11.5 Å². The second-order valence-corrected chi connectivity index (χ2v) is 5.87. The van der Waals surface area contributed by atoms with Gasteiger partial charge in [0, 0.05) is 16.6 Å². The Hall–Kier alpha value is -1.64. The van der Waals surface area contributed by atoms with Crippen LogP contribution in [-0.4, -0.2) is 18.7 Å². The first-order chi connectivity index (χ1) is 10.8. The second-order valence-electron chi connectivity index (χ2n) is 5.87. The topological polar surface area (TPSA) is 34.2 Å². The van der Waals surface area contributed by atoms with E-state index in [1.54, 1.807) is 7.11 Å². The maximum Gasteiger partial charge on any atom is 0.170 e. The fourth-order valence-electron chi connectivity index (χ4n) is 2.72. The van der Waals surface area contributed by atoms with Gasteiger partial charge in [-0.15, -0.1) is 0 Å². The smallest absolute Gasteiger partial charge is 0.170 e. The maximum atomic E-state index is 5.99. The molecule has 1 aromatic heterocycles. The van der Waals surface area contributed by atoms with E-state index in [0.717, 1.165) is 48.3 Å². The third kappa shape index (κ3) is 4.19. The molecule has 0 amide bonds. The summed E-state index contributed by atoms with van der Waals surface area (Å²) < 4.78 is 11.5. The number of hydrogen-bond donors (Lipinski definition) is 1. The Morgan fingerprint density at radius 2 is 1.82 bits per heavy atom. The van der Waals surface area contributed by atoms with Crippen LogP contribution in [0.25, 0.3) is 10.9 Å². The van der Waals surface area contributed by atoms with Crippen molar-refractivity contribution < 1.29 is 9.47 Å². The largest absolute Gasteiger partial charge is 0.493 e. The maximum absolute atomic E-state index is 5.99. The van der Waals surface area contributed by atoms with Crippen LogP contribution in [0.3, 0.4) is 0 Å². The van der Waals surface area contributed by atoms with Gasteiger partial charge in [-0.25, -0.2) is 0 Å². The highest BCUT2D eigenvalue weighted by atomic mass is 16.5. The lowest BCUT2D eigenvalue weighted by Crippen LogP contribution is -1.99. The SMILES string of the molecule is CCCCCCc1cc2c(OCCCC)c(OC)ccc2[nH]1. The van der Waals surface area contributed by atoms with Gasteiger partial charge < -0.3 is 14.5 Å². The van der Waals surface area contributed by atoms with Crippen molar-refractivity contribution in [2.75, 3.05) is 13.7 Å². The number of aromatic nitrogens is 1. The van der Waals surface area contributed by atoms with Gasteiger partial charge in [0.1, 0.15) is 0 Å². The molecular weight excluding hydrogens is 274 g/mol. The van der Waals surface area contributed by atoms with Crippen LogP contribution in [-0.2, 0) is 6.42 Å². The van der Waals surface area contributed by atoms with Crippen LogP contribution in [0.5, 0.6) is 11.5 Å². The van der Waals surface area contributed by atoms with Gasteiger partial charge in [0.05, 0.1) is 13.7 Å². The number of ether oxygens (including phenoxy) is 2. The molecule has 2 rings (SSSR count). The van der Waals surface area contributed by atoms with E-state index < -0.39 is 0 Å². The van der Waals surface area contributed by atoms with E-state index in [2.05, 4.69) is 31.0 Å². The molecule has 3 heteroatoms. The summed E-state index contributed by atoms with van der Waals surface area (Å²) in [6, 6.07) is 6.29. The van der Waals surface area contributed by atoms with Crippen LogP contribution in [0.4, 0.5) is 0 Å². The van der Waals surface area contributed by atoms with Crippen molar-refractivity contribution in [3.63, 3.8) is 0 Å². The molecule has 122 valence electrons. The highest BCUT2D eigenvalue weighted by Gasteiger charge is 2.12. The number of benzene rings is 1. The van der Waals surface area contributed by atoms with E-state index >= 15 is 0 Å². The highest BCUT2D eigenvalue weighted by molar-refractivity contribution is 5.89. The van der Waals surface area contributed by atoms with Gasteiger partial charge in [0.25, 0.3) is 0 Å². The molecule has 3 nitrogen and oxygen atoms in total. The van der Waals surface area contributed by atoms with Crippen LogP contribution < -0.4 is 9.47 Å². The summed E-state index contributed by atoms with van der Waals surface area (Å²) in [7, 11) is 1.70. The van der Waals surface area contributed by atoms with E-state index in [4.69, 9.17) is 9.47 Å². The Kier molecular flexibility index (Phi) is 6.63. The monoisotopic (exact) mass is 303 g/mol. The van der Waals surface area contributed by atoms with Crippen LogP contribution in [0.15, 0.2) is 18.2 Å². The number of H-pyrrole nitrogens is 1. The van der Waals surface area contributed by atoms with E-state index in [1.807, 2.05) is 6.07 Å². The van der Waals surface area contributed by atoms with E-state index in [0.29, 0.717) is 0 Å². The molecule has 0 saturated heterocycles. The van der Waals surface area contributed by atoms with Gasteiger partial charge in [-0.1, -0.05) is 39.5 Å². The molecular formula is C19H29NO2. The van der Waals surface area contributed by atoms with Crippen LogP contribution in [0, 0.1) is 0 Å². The minimum absolute atomic E-state index is 0.739. The number of rotatable bonds is 10. The fraction of sp³-hybridized carbons (Fsp3) is 0.579. The Balaban J connectivity index is 2.16. The molecule has 0 radical (unpaired) electrons. The van der Waals surface area contributed by atoms with Crippen LogP contribution in [0.1, 0.15) is 58.1 Å². The Morgan fingerprint density at radius 3 is 2.55 bits per heavy atom. The Labute approximate surface area is 134 Å². The van der Waals surface area contributed by atoms with E-state index in [9.17, 15) is 0 Å². The van der Waals surface area contributed by atoms with E-state index in [-0.39, 0.29) is 0 Å². The van der Waals surface area contributed by atoms with Gasteiger partial charge in [-0.3, -0.25) is 0 Å². The minimum atomic E-state index is 0.739. The minimum Gasteiger partial charge on any atom is -0.493 e. The van der Waals surface area contributed by atoms with Gasteiger partial charge in [0.2, 0.25) is 0 Å². The molecule has 0 aliphatic rings. The molecule has 0 bridgehead atoms. The molecule has 0 atom stereocenters. The first-order valence-corrected chi connectivity index (χ1v) is 8.61. The summed E-state index contributed by atoms with van der Waals surface area (Å²) in [6.45, 7) is 5.16. The number of aromatic amines is 1. The molecule has 0 aliphatic carbocycles. The third-order valence-electron chi connectivity index (χ3n) is 4.04. The first-order valence-electron chi connectivity index (χ1n) is 8.61. The summed E-state index contributed by atoms with van der Waals surface area (Å²) in [4.78, 5) is 3.52. The number of nitrogens with one attached hydrogen (secondary N) is 1. The Bertz CT molecular complexity index is 574. The fourth-order valence-corrected chi connectivity index (χ4v) is 2.72. The number of unbranched alkanes of at least 4 members (excludes halogenated alkanes) is 4. The zero-order chi connectivity index (χ0) is 15.8. The molecule has 2 aromatic rings. The van der Waals surface area contributed by atoms with Gasteiger partial charge in [-0.2, -0.15) is 0 Å². The van der Waals surface area contributed by atoms with Crippen LogP contribution in [0.2, 0.25) is 0 Å². The standard InChI is InChI=1S/C19H29NO2/c1-4-6-8-9-10-15-14-16-17(20-15)11-12-18(21-3)19(16)22-13-7-5-2/h11-12,14,20H,4-10,13H2,1-3H3. The lowest BCUT2D eigenvalue weighted by Gasteiger charge is -2.11. The lowest BCUT2D eigenvalue weighted by atomic mass is 10.1. The van der Waals surface area contributed by atoms with Crippen molar-refractivity contribution in [3.8, 4) is 11.5 Å². The molecule has 0 unspecified atom stereocenters. The average Bonchev–Trinajstić information content (AvgIpc) is 2.95. The Morgan fingerprint density at radius 1 is 1.00 bits per heavy atom.